The van der Waals surface area contributed by atoms with E-state index >= 15 is 0 Å². The quantitative estimate of drug-likeness (QED) is 0.405. The maximum absolute atomic E-state index is 13.9. The van der Waals surface area contributed by atoms with Crippen molar-refractivity contribution in [2.24, 2.45) is 5.92 Å². The number of fused-ring (bicyclic) bond motifs is 1. The van der Waals surface area contributed by atoms with E-state index in [2.05, 4.69) is 10.6 Å². The van der Waals surface area contributed by atoms with Crippen molar-refractivity contribution < 1.29 is 41.8 Å². The molecule has 2 aromatic carbocycles. The van der Waals surface area contributed by atoms with Crippen molar-refractivity contribution in [3.63, 3.8) is 0 Å². The van der Waals surface area contributed by atoms with Crippen molar-refractivity contribution in [3.8, 4) is 0 Å². The summed E-state index contributed by atoms with van der Waals surface area (Å²) in [6.45, 7) is 0.704. The summed E-state index contributed by atoms with van der Waals surface area (Å²) in [6.07, 6.45) is -2.04. The van der Waals surface area contributed by atoms with Crippen LogP contribution in [-0.2, 0) is 28.7 Å². The fourth-order valence-corrected chi connectivity index (χ4v) is 4.79. The number of nitrogens with one attached hydrogen (secondary N) is 2. The number of carbonyl (C=O) groups excluding carboxylic acids is 2. The molecule has 0 radical (unpaired) electrons. The normalized spacial score (nSPS) is 19.3. The Labute approximate surface area is 216 Å². The number of anilines is 2. The van der Waals surface area contributed by atoms with Crippen molar-refractivity contribution in [2.45, 2.75) is 57.3 Å². The van der Waals surface area contributed by atoms with Crippen LogP contribution in [-0.4, -0.2) is 40.7 Å². The van der Waals surface area contributed by atoms with E-state index in [0.29, 0.717) is 69.1 Å². The first-order valence-corrected chi connectivity index (χ1v) is 12.2. The first-order chi connectivity index (χ1) is 18.0. The third-order valence-electron chi connectivity index (χ3n) is 6.80. The Morgan fingerprint density at radius 3 is 2.42 bits per heavy atom. The summed E-state index contributed by atoms with van der Waals surface area (Å²) in [5, 5.41) is 13.5. The highest BCUT2D eigenvalue weighted by atomic mass is 19.4. The first kappa shape index (κ1) is 27.2. The average Bonchev–Trinajstić information content (AvgIpc) is 2.85. The number of hydrogen-bond acceptors (Lipinski definition) is 4. The zero-order valence-electron chi connectivity index (χ0n) is 20.3. The number of carboxylic acids is 1. The Hall–Kier alpha value is -3.83. The molecule has 1 saturated carbocycles. The van der Waals surface area contributed by atoms with E-state index in [9.17, 15) is 31.9 Å². The monoisotopic (exact) mass is 537 g/mol. The summed E-state index contributed by atoms with van der Waals surface area (Å²) in [5.41, 5.74) is 0.416. The number of alkyl halides is 3. The maximum atomic E-state index is 13.9. The van der Waals surface area contributed by atoms with Gasteiger partial charge in [-0.2, -0.15) is 13.2 Å². The van der Waals surface area contributed by atoms with Gasteiger partial charge in [-0.25, -0.2) is 14.0 Å². The van der Waals surface area contributed by atoms with E-state index in [4.69, 9.17) is 9.84 Å². The van der Waals surface area contributed by atoms with Gasteiger partial charge in [-0.1, -0.05) is 6.07 Å². The summed E-state index contributed by atoms with van der Waals surface area (Å²) in [4.78, 5) is 37.4. The number of ether oxygens (including phenoxy) is 1. The lowest BCUT2D eigenvalue weighted by Gasteiger charge is -2.32. The van der Waals surface area contributed by atoms with Crippen LogP contribution in [0.15, 0.2) is 36.4 Å². The number of rotatable bonds is 5. The first-order valence-electron chi connectivity index (χ1n) is 12.2. The van der Waals surface area contributed by atoms with Crippen LogP contribution in [0, 0.1) is 11.7 Å². The molecule has 0 spiro atoms. The molecule has 1 aliphatic carbocycles. The molecule has 4 rings (SSSR count). The molecular weight excluding hydrogens is 510 g/mol. The van der Waals surface area contributed by atoms with Crippen LogP contribution < -0.4 is 10.6 Å². The van der Waals surface area contributed by atoms with Crippen LogP contribution in [0.5, 0.6) is 0 Å². The number of nitrogens with zero attached hydrogens (tertiary/aromatic N) is 1. The number of carboxylic acid groups (broad SMARTS) is 1. The van der Waals surface area contributed by atoms with Crippen LogP contribution >= 0.6 is 0 Å². The molecule has 1 aliphatic heterocycles. The van der Waals surface area contributed by atoms with Crippen molar-refractivity contribution in [3.05, 3.63) is 58.9 Å². The Bertz CT molecular complexity index is 1210. The highest BCUT2D eigenvalue weighted by Gasteiger charge is 2.32. The van der Waals surface area contributed by atoms with Gasteiger partial charge in [0.25, 0.3) is 0 Å². The molecule has 204 valence electrons. The van der Waals surface area contributed by atoms with Gasteiger partial charge < -0.3 is 25.4 Å². The molecule has 2 aromatic rings. The number of benzene rings is 2. The van der Waals surface area contributed by atoms with Crippen molar-refractivity contribution in [1.29, 1.82) is 0 Å². The molecule has 0 saturated heterocycles. The number of halogens is 4. The molecule has 38 heavy (non-hydrogen) atoms. The minimum Gasteiger partial charge on any atom is -0.481 e. The van der Waals surface area contributed by atoms with Gasteiger partial charge in [0.15, 0.2) is 0 Å². The Morgan fingerprint density at radius 1 is 1.00 bits per heavy atom. The molecule has 0 aromatic heterocycles. The highest BCUT2D eigenvalue weighted by Crippen LogP contribution is 2.32. The number of urea groups is 1. The summed E-state index contributed by atoms with van der Waals surface area (Å²) in [6, 6.07) is 5.86. The number of carbonyl (C=O) groups is 3. The average molecular weight is 538 g/mol. The minimum atomic E-state index is -4.68. The van der Waals surface area contributed by atoms with E-state index in [1.54, 1.807) is 23.1 Å². The summed E-state index contributed by atoms with van der Waals surface area (Å²) >= 11 is 0. The van der Waals surface area contributed by atoms with Crippen LogP contribution in [0.2, 0.25) is 0 Å². The van der Waals surface area contributed by atoms with Gasteiger partial charge in [0.2, 0.25) is 0 Å². The predicted molar refractivity (Wildman–Crippen MR) is 129 cm³/mol. The molecule has 0 bridgehead atoms. The molecule has 2 aliphatic rings. The van der Waals surface area contributed by atoms with Crippen molar-refractivity contribution >= 4 is 29.5 Å². The van der Waals surface area contributed by atoms with Gasteiger partial charge in [-0.15, -0.1) is 0 Å². The fraction of sp³-hybridized carbons (Fsp3) is 0.423. The van der Waals surface area contributed by atoms with Gasteiger partial charge >= 0.3 is 24.3 Å². The number of amides is 3. The second-order valence-electron chi connectivity index (χ2n) is 9.55. The summed E-state index contributed by atoms with van der Waals surface area (Å²) < 4.78 is 58.2. The largest absolute Gasteiger partial charge is 0.481 e. The Balaban J connectivity index is 1.30. The van der Waals surface area contributed by atoms with Crippen LogP contribution in [0.3, 0.4) is 0 Å². The minimum absolute atomic E-state index is 0.110. The maximum Gasteiger partial charge on any atom is 0.416 e. The summed E-state index contributed by atoms with van der Waals surface area (Å²) in [5.74, 6) is -1.71. The SMILES string of the molecule is O=C(O)CC1CCC(OC(=O)N2CCc3cc(NC(=O)Nc4cc(C(F)(F)F)ccc4F)ccc3C2)CC1. The third-order valence-corrected chi connectivity index (χ3v) is 6.80. The molecule has 1 fully saturated rings. The van der Waals surface area contributed by atoms with Gasteiger partial charge in [0.1, 0.15) is 11.9 Å². The molecule has 1 heterocycles. The van der Waals surface area contributed by atoms with E-state index in [-0.39, 0.29) is 18.4 Å². The fourth-order valence-electron chi connectivity index (χ4n) is 4.79. The van der Waals surface area contributed by atoms with E-state index in [1.165, 1.54) is 0 Å². The zero-order chi connectivity index (χ0) is 27.4. The smallest absolute Gasteiger partial charge is 0.416 e. The van der Waals surface area contributed by atoms with Crippen LogP contribution in [0.1, 0.15) is 48.8 Å². The van der Waals surface area contributed by atoms with E-state index < -0.39 is 41.3 Å². The summed E-state index contributed by atoms with van der Waals surface area (Å²) in [7, 11) is 0. The molecule has 12 heteroatoms. The molecule has 0 atom stereocenters. The standard InChI is InChI=1S/C26H27F4N3O5/c27-21-8-4-18(26(28,29)30)13-22(21)32-24(36)31-19-5-3-17-14-33(10-9-16(17)12-19)25(37)38-20-6-1-15(2-7-20)11-23(34)35/h3-5,8,12-13,15,20H,1-2,6-7,9-11,14H2,(H,34,35)(H2,31,32,36). The van der Waals surface area contributed by atoms with Gasteiger partial charge in [-0.05, 0) is 79.5 Å². The second kappa shape index (κ2) is 11.3. The lowest BCUT2D eigenvalue weighted by molar-refractivity contribution is -0.139. The van der Waals surface area contributed by atoms with E-state index in [0.717, 1.165) is 11.1 Å². The highest BCUT2D eigenvalue weighted by molar-refractivity contribution is 6.00. The van der Waals surface area contributed by atoms with Gasteiger partial charge in [-0.3, -0.25) is 4.79 Å². The number of hydrogen-bond donors (Lipinski definition) is 3. The van der Waals surface area contributed by atoms with Gasteiger partial charge in [0, 0.05) is 25.2 Å². The van der Waals surface area contributed by atoms with Crippen molar-refractivity contribution in [2.75, 3.05) is 17.2 Å². The molecule has 8 nitrogen and oxygen atoms in total. The Kier molecular flexibility index (Phi) is 8.08. The topological polar surface area (TPSA) is 108 Å². The Morgan fingerprint density at radius 2 is 1.74 bits per heavy atom. The van der Waals surface area contributed by atoms with Crippen LogP contribution in [0.4, 0.5) is 38.5 Å². The third kappa shape index (κ3) is 6.93. The van der Waals surface area contributed by atoms with Crippen molar-refractivity contribution in [1.82, 2.24) is 4.90 Å². The van der Waals surface area contributed by atoms with Gasteiger partial charge in [0.05, 0.1) is 11.3 Å². The van der Waals surface area contributed by atoms with E-state index in [1.807, 2.05) is 0 Å². The van der Waals surface area contributed by atoms with Crippen LogP contribution in [0.25, 0.3) is 0 Å². The molecule has 0 unspecified atom stereocenters. The second-order valence-corrected chi connectivity index (χ2v) is 9.55. The molecular formula is C26H27F4N3O5. The molecule has 3 amide bonds. The molecule has 3 N–H and O–H groups in total. The predicted octanol–water partition coefficient (Wildman–Crippen LogP) is 6.02. The lowest BCUT2D eigenvalue weighted by Crippen LogP contribution is -2.39. The number of aliphatic carboxylic acids is 1. The zero-order valence-corrected chi connectivity index (χ0v) is 20.3. The lowest BCUT2D eigenvalue weighted by atomic mass is 9.85.